The second-order valence-electron chi connectivity index (χ2n) is 5.80. The third kappa shape index (κ3) is 4.94. The summed E-state index contributed by atoms with van der Waals surface area (Å²) in [5.41, 5.74) is 0. The van der Waals surface area contributed by atoms with Gasteiger partial charge in [-0.15, -0.1) is 0 Å². The maximum atomic E-state index is 5.41. The topological polar surface area (TPSA) is 24.5 Å². The Morgan fingerprint density at radius 2 is 1.76 bits per heavy atom. The van der Waals surface area contributed by atoms with Gasteiger partial charge in [-0.3, -0.25) is 0 Å². The highest BCUT2D eigenvalue weighted by Crippen LogP contribution is 2.19. The van der Waals surface area contributed by atoms with Gasteiger partial charge in [0.15, 0.2) is 0 Å². The van der Waals surface area contributed by atoms with Gasteiger partial charge in [-0.25, -0.2) is 0 Å². The zero-order chi connectivity index (χ0) is 11.9. The second kappa shape index (κ2) is 7.34. The van der Waals surface area contributed by atoms with Gasteiger partial charge in [0.1, 0.15) is 0 Å². The maximum Gasteiger partial charge on any atom is 0.0468 e. The average Bonchev–Trinajstić information content (AvgIpc) is 2.39. The molecule has 0 unspecified atom stereocenters. The molecule has 1 N–H and O–H groups in total. The van der Waals surface area contributed by atoms with Crippen LogP contribution in [0.25, 0.3) is 0 Å². The van der Waals surface area contributed by atoms with E-state index in [1.165, 1.54) is 58.3 Å². The predicted octanol–water partition coefficient (Wildman–Crippen LogP) is 1.73. The largest absolute Gasteiger partial charge is 0.381 e. The fraction of sp³-hybridized carbons (Fsp3) is 1.00. The van der Waals surface area contributed by atoms with Gasteiger partial charge in [0.25, 0.3) is 0 Å². The smallest absolute Gasteiger partial charge is 0.0468 e. The van der Waals surface area contributed by atoms with E-state index < -0.39 is 0 Å². The van der Waals surface area contributed by atoms with Gasteiger partial charge in [0.2, 0.25) is 0 Å². The number of ether oxygens (including phenoxy) is 1. The third-order valence-corrected chi connectivity index (χ3v) is 4.29. The SMILES string of the molecule is CN(CCC1CCOCC1)CC1CCNCC1. The summed E-state index contributed by atoms with van der Waals surface area (Å²) in [6.07, 6.45) is 6.65. The summed E-state index contributed by atoms with van der Waals surface area (Å²) in [7, 11) is 2.29. The highest BCUT2D eigenvalue weighted by molar-refractivity contribution is 4.72. The number of rotatable bonds is 5. The van der Waals surface area contributed by atoms with Crippen LogP contribution in [0.15, 0.2) is 0 Å². The van der Waals surface area contributed by atoms with E-state index in [2.05, 4.69) is 17.3 Å². The Balaban J connectivity index is 1.57. The van der Waals surface area contributed by atoms with Crippen molar-refractivity contribution in [2.45, 2.75) is 32.1 Å². The van der Waals surface area contributed by atoms with Gasteiger partial charge in [0, 0.05) is 19.8 Å². The van der Waals surface area contributed by atoms with Crippen LogP contribution in [0.5, 0.6) is 0 Å². The summed E-state index contributed by atoms with van der Waals surface area (Å²) < 4.78 is 5.41. The molecule has 17 heavy (non-hydrogen) atoms. The Morgan fingerprint density at radius 1 is 1.06 bits per heavy atom. The van der Waals surface area contributed by atoms with Crippen LogP contribution in [0.1, 0.15) is 32.1 Å². The molecule has 0 bridgehead atoms. The Hall–Kier alpha value is -0.120. The van der Waals surface area contributed by atoms with E-state index in [0.29, 0.717) is 0 Å². The minimum Gasteiger partial charge on any atom is -0.381 e. The normalized spacial score (nSPS) is 24.4. The minimum absolute atomic E-state index is 0.916. The number of nitrogens with one attached hydrogen (secondary N) is 1. The van der Waals surface area contributed by atoms with Gasteiger partial charge >= 0.3 is 0 Å². The van der Waals surface area contributed by atoms with Crippen molar-refractivity contribution in [3.05, 3.63) is 0 Å². The molecular formula is C14H28N2O. The molecule has 2 heterocycles. The molecule has 100 valence electrons. The molecule has 2 saturated heterocycles. The first kappa shape index (κ1) is 13.3. The Morgan fingerprint density at radius 3 is 2.47 bits per heavy atom. The highest BCUT2D eigenvalue weighted by atomic mass is 16.5. The lowest BCUT2D eigenvalue weighted by Crippen LogP contribution is -2.35. The summed E-state index contributed by atoms with van der Waals surface area (Å²) >= 11 is 0. The lowest BCUT2D eigenvalue weighted by atomic mass is 9.95. The summed E-state index contributed by atoms with van der Waals surface area (Å²) in [4.78, 5) is 2.55. The molecule has 0 spiro atoms. The fourth-order valence-electron chi connectivity index (χ4n) is 3.03. The molecule has 0 aromatic heterocycles. The molecule has 0 saturated carbocycles. The maximum absolute atomic E-state index is 5.41. The van der Waals surface area contributed by atoms with Crippen LogP contribution in [0.2, 0.25) is 0 Å². The molecule has 3 heteroatoms. The third-order valence-electron chi connectivity index (χ3n) is 4.29. The number of piperidine rings is 1. The summed E-state index contributed by atoms with van der Waals surface area (Å²) in [6.45, 7) is 6.99. The number of hydrogen-bond donors (Lipinski definition) is 1. The molecule has 2 aliphatic rings. The molecule has 0 aliphatic carbocycles. The van der Waals surface area contributed by atoms with Gasteiger partial charge in [-0.1, -0.05) is 0 Å². The monoisotopic (exact) mass is 240 g/mol. The van der Waals surface area contributed by atoms with E-state index >= 15 is 0 Å². The summed E-state index contributed by atoms with van der Waals surface area (Å²) in [6, 6.07) is 0. The quantitative estimate of drug-likeness (QED) is 0.792. The molecular weight excluding hydrogens is 212 g/mol. The summed E-state index contributed by atoms with van der Waals surface area (Å²) in [5.74, 6) is 1.84. The van der Waals surface area contributed by atoms with Crippen molar-refractivity contribution in [2.24, 2.45) is 11.8 Å². The van der Waals surface area contributed by atoms with Crippen LogP contribution < -0.4 is 5.32 Å². The molecule has 0 aromatic rings. The molecule has 0 radical (unpaired) electrons. The van der Waals surface area contributed by atoms with Gasteiger partial charge < -0.3 is 15.0 Å². The van der Waals surface area contributed by atoms with E-state index in [1.54, 1.807) is 0 Å². The predicted molar refractivity (Wildman–Crippen MR) is 71.3 cm³/mol. The van der Waals surface area contributed by atoms with Crippen LogP contribution >= 0.6 is 0 Å². The van der Waals surface area contributed by atoms with Crippen LogP contribution in [-0.2, 0) is 4.74 Å². The zero-order valence-electron chi connectivity index (χ0n) is 11.3. The Bertz CT molecular complexity index is 198. The minimum atomic E-state index is 0.916. The Kier molecular flexibility index (Phi) is 5.75. The second-order valence-corrected chi connectivity index (χ2v) is 5.80. The molecule has 2 rings (SSSR count). The lowest BCUT2D eigenvalue weighted by Gasteiger charge is -2.29. The number of nitrogens with zero attached hydrogens (tertiary/aromatic N) is 1. The Labute approximate surface area is 106 Å². The van der Waals surface area contributed by atoms with Crippen molar-refractivity contribution in [3.63, 3.8) is 0 Å². The number of hydrogen-bond acceptors (Lipinski definition) is 3. The standard InChI is InChI=1S/C14H28N2O/c1-16(12-14-2-7-15-8-3-14)9-4-13-5-10-17-11-6-13/h13-15H,2-12H2,1H3. The van der Waals surface area contributed by atoms with Crippen molar-refractivity contribution < 1.29 is 4.74 Å². The van der Waals surface area contributed by atoms with E-state index in [9.17, 15) is 0 Å². The molecule has 0 amide bonds. The molecule has 3 nitrogen and oxygen atoms in total. The van der Waals surface area contributed by atoms with Crippen LogP contribution in [0.4, 0.5) is 0 Å². The van der Waals surface area contributed by atoms with E-state index in [4.69, 9.17) is 4.74 Å². The van der Waals surface area contributed by atoms with Crippen molar-refractivity contribution in [2.75, 3.05) is 46.4 Å². The molecule has 0 atom stereocenters. The first-order valence-electron chi connectivity index (χ1n) is 7.31. The first-order valence-corrected chi connectivity index (χ1v) is 7.31. The molecule has 2 fully saturated rings. The lowest BCUT2D eigenvalue weighted by molar-refractivity contribution is 0.0603. The van der Waals surface area contributed by atoms with Crippen molar-refractivity contribution in [3.8, 4) is 0 Å². The van der Waals surface area contributed by atoms with E-state index in [1.807, 2.05) is 0 Å². The van der Waals surface area contributed by atoms with E-state index in [-0.39, 0.29) is 0 Å². The summed E-state index contributed by atoms with van der Waals surface area (Å²) in [5, 5.41) is 3.44. The van der Waals surface area contributed by atoms with Crippen LogP contribution in [0.3, 0.4) is 0 Å². The highest BCUT2D eigenvalue weighted by Gasteiger charge is 2.17. The van der Waals surface area contributed by atoms with Crippen molar-refractivity contribution >= 4 is 0 Å². The average molecular weight is 240 g/mol. The van der Waals surface area contributed by atoms with Crippen molar-refractivity contribution in [1.82, 2.24) is 10.2 Å². The van der Waals surface area contributed by atoms with E-state index in [0.717, 1.165) is 25.0 Å². The van der Waals surface area contributed by atoms with Crippen molar-refractivity contribution in [1.29, 1.82) is 0 Å². The molecule has 2 aliphatic heterocycles. The van der Waals surface area contributed by atoms with Gasteiger partial charge in [-0.2, -0.15) is 0 Å². The first-order chi connectivity index (χ1) is 8.34. The van der Waals surface area contributed by atoms with Gasteiger partial charge in [-0.05, 0) is 70.6 Å². The van der Waals surface area contributed by atoms with Gasteiger partial charge in [0.05, 0.1) is 0 Å². The van der Waals surface area contributed by atoms with Crippen LogP contribution in [0, 0.1) is 11.8 Å². The molecule has 0 aromatic carbocycles. The fourth-order valence-corrected chi connectivity index (χ4v) is 3.03. The zero-order valence-corrected chi connectivity index (χ0v) is 11.3. The van der Waals surface area contributed by atoms with Crippen LogP contribution in [-0.4, -0.2) is 51.3 Å².